The molecule has 1 aliphatic heterocycles. The van der Waals surface area contributed by atoms with Crippen LogP contribution < -0.4 is 5.73 Å². The van der Waals surface area contributed by atoms with Crippen LogP contribution in [0.1, 0.15) is 23.4 Å². The van der Waals surface area contributed by atoms with Crippen LogP contribution in [0.2, 0.25) is 0 Å². The summed E-state index contributed by atoms with van der Waals surface area (Å²) in [6.45, 7) is 1.06. The number of benzene rings is 1. The Bertz CT molecular complexity index is 702. The number of piperidine rings is 1. The number of furan rings is 1. The molecule has 0 spiro atoms. The monoisotopic (exact) mass is 350 g/mol. The fourth-order valence-corrected chi connectivity index (χ4v) is 3.12. The number of para-hydroxylation sites is 1. The molecule has 5 nitrogen and oxygen atoms in total. The second kappa shape index (κ2) is 5.52. The SMILES string of the molecule is NC(=O)C1CCN(C(=O)c2cc3cccc(Br)c3o2)CC1. The lowest BCUT2D eigenvalue weighted by molar-refractivity contribution is -0.123. The summed E-state index contributed by atoms with van der Waals surface area (Å²) in [5.74, 6) is -0.218. The first kappa shape index (κ1) is 14.1. The van der Waals surface area contributed by atoms with Crippen molar-refractivity contribution in [2.45, 2.75) is 12.8 Å². The molecule has 1 aromatic carbocycles. The number of hydrogen-bond donors (Lipinski definition) is 1. The molecule has 0 saturated carbocycles. The molecule has 2 aromatic rings. The molecule has 6 heteroatoms. The molecular weight excluding hydrogens is 336 g/mol. The first-order chi connectivity index (χ1) is 10.1. The van der Waals surface area contributed by atoms with E-state index in [-0.39, 0.29) is 17.7 Å². The van der Waals surface area contributed by atoms with Crippen LogP contribution in [0.3, 0.4) is 0 Å². The van der Waals surface area contributed by atoms with Crippen LogP contribution in [0.5, 0.6) is 0 Å². The number of primary amides is 1. The van der Waals surface area contributed by atoms with Gasteiger partial charge in [0.1, 0.15) is 5.58 Å². The molecule has 0 bridgehead atoms. The van der Waals surface area contributed by atoms with Crippen molar-refractivity contribution in [1.29, 1.82) is 0 Å². The van der Waals surface area contributed by atoms with Crippen LogP contribution >= 0.6 is 15.9 Å². The molecule has 1 saturated heterocycles. The molecule has 1 aromatic heterocycles. The number of carbonyl (C=O) groups is 2. The molecule has 2 N–H and O–H groups in total. The Hall–Kier alpha value is -1.82. The maximum Gasteiger partial charge on any atom is 0.289 e. The Kier molecular flexibility index (Phi) is 3.71. The van der Waals surface area contributed by atoms with Gasteiger partial charge in [-0.05, 0) is 40.9 Å². The van der Waals surface area contributed by atoms with E-state index in [2.05, 4.69) is 15.9 Å². The summed E-state index contributed by atoms with van der Waals surface area (Å²) in [6, 6.07) is 7.43. The zero-order valence-electron chi connectivity index (χ0n) is 11.3. The Morgan fingerprint density at radius 2 is 2.00 bits per heavy atom. The normalized spacial score (nSPS) is 16.3. The number of hydrogen-bond acceptors (Lipinski definition) is 3. The molecule has 1 aliphatic rings. The van der Waals surface area contributed by atoms with Crippen molar-refractivity contribution < 1.29 is 14.0 Å². The summed E-state index contributed by atoms with van der Waals surface area (Å²) in [5, 5.41) is 0.889. The number of amides is 2. The third kappa shape index (κ3) is 2.68. The number of halogens is 1. The van der Waals surface area contributed by atoms with Gasteiger partial charge in [-0.15, -0.1) is 0 Å². The summed E-state index contributed by atoms with van der Waals surface area (Å²) < 4.78 is 6.48. The molecule has 1 fully saturated rings. The highest BCUT2D eigenvalue weighted by molar-refractivity contribution is 9.10. The van der Waals surface area contributed by atoms with Gasteiger partial charge >= 0.3 is 0 Å². The summed E-state index contributed by atoms with van der Waals surface area (Å²) in [5.41, 5.74) is 5.98. The molecular formula is C15H15BrN2O3. The number of fused-ring (bicyclic) bond motifs is 1. The lowest BCUT2D eigenvalue weighted by Gasteiger charge is -2.29. The zero-order chi connectivity index (χ0) is 15.0. The minimum Gasteiger partial charge on any atom is -0.450 e. The van der Waals surface area contributed by atoms with E-state index in [1.54, 1.807) is 11.0 Å². The summed E-state index contributed by atoms with van der Waals surface area (Å²) in [6.07, 6.45) is 1.23. The molecule has 2 amide bonds. The van der Waals surface area contributed by atoms with E-state index >= 15 is 0 Å². The molecule has 0 aliphatic carbocycles. The van der Waals surface area contributed by atoms with Gasteiger partial charge in [0.05, 0.1) is 4.47 Å². The van der Waals surface area contributed by atoms with Gasteiger partial charge in [-0.2, -0.15) is 0 Å². The highest BCUT2D eigenvalue weighted by Crippen LogP contribution is 2.28. The van der Waals surface area contributed by atoms with Crippen LogP contribution in [-0.2, 0) is 4.79 Å². The highest BCUT2D eigenvalue weighted by Gasteiger charge is 2.28. The molecule has 21 heavy (non-hydrogen) atoms. The van der Waals surface area contributed by atoms with E-state index in [1.807, 2.05) is 18.2 Å². The molecule has 0 atom stereocenters. The molecule has 3 rings (SSSR count). The van der Waals surface area contributed by atoms with Gasteiger partial charge < -0.3 is 15.1 Å². The van der Waals surface area contributed by atoms with Crippen molar-refractivity contribution in [3.8, 4) is 0 Å². The third-order valence-corrected chi connectivity index (χ3v) is 4.52. The van der Waals surface area contributed by atoms with Crippen LogP contribution in [0, 0.1) is 5.92 Å². The first-order valence-corrected chi connectivity index (χ1v) is 7.62. The van der Waals surface area contributed by atoms with Crippen LogP contribution in [0.4, 0.5) is 0 Å². The largest absolute Gasteiger partial charge is 0.450 e. The maximum atomic E-state index is 12.5. The summed E-state index contributed by atoms with van der Waals surface area (Å²) in [4.78, 5) is 25.3. The lowest BCUT2D eigenvalue weighted by Crippen LogP contribution is -2.41. The van der Waals surface area contributed by atoms with E-state index in [0.717, 1.165) is 9.86 Å². The van der Waals surface area contributed by atoms with Crippen LogP contribution in [0.25, 0.3) is 11.0 Å². The standard InChI is InChI=1S/C15H15BrN2O3/c16-11-3-1-2-10-8-12(21-13(10)11)15(20)18-6-4-9(5-7-18)14(17)19/h1-3,8-9H,4-7H2,(H2,17,19). The highest BCUT2D eigenvalue weighted by atomic mass is 79.9. The van der Waals surface area contributed by atoms with Crippen molar-refractivity contribution in [3.63, 3.8) is 0 Å². The van der Waals surface area contributed by atoms with Gasteiger partial charge in [-0.25, -0.2) is 0 Å². The van der Waals surface area contributed by atoms with E-state index in [9.17, 15) is 9.59 Å². The predicted octanol–water partition coefficient (Wildman–Crippen LogP) is 2.53. The number of carbonyl (C=O) groups excluding carboxylic acids is 2. The molecule has 2 heterocycles. The average Bonchev–Trinajstić information content (AvgIpc) is 2.92. The fraction of sp³-hybridized carbons (Fsp3) is 0.333. The number of rotatable bonds is 2. The Labute approximate surface area is 130 Å². The van der Waals surface area contributed by atoms with Crippen LogP contribution in [0.15, 0.2) is 33.2 Å². The van der Waals surface area contributed by atoms with E-state index in [1.165, 1.54) is 0 Å². The predicted molar refractivity (Wildman–Crippen MR) is 81.7 cm³/mol. The van der Waals surface area contributed by atoms with Gasteiger partial charge in [0.25, 0.3) is 5.91 Å². The summed E-state index contributed by atoms with van der Waals surface area (Å²) in [7, 11) is 0. The molecule has 0 unspecified atom stereocenters. The lowest BCUT2D eigenvalue weighted by atomic mass is 9.96. The number of likely N-dealkylation sites (tertiary alicyclic amines) is 1. The smallest absolute Gasteiger partial charge is 0.289 e. The Balaban J connectivity index is 1.78. The van der Waals surface area contributed by atoms with E-state index in [4.69, 9.17) is 10.2 Å². The number of nitrogens with zero attached hydrogens (tertiary/aromatic N) is 1. The van der Waals surface area contributed by atoms with Gasteiger partial charge in [0, 0.05) is 24.4 Å². The minimum absolute atomic E-state index is 0.126. The van der Waals surface area contributed by atoms with Crippen molar-refractivity contribution in [2.24, 2.45) is 11.7 Å². The molecule has 110 valence electrons. The van der Waals surface area contributed by atoms with E-state index < -0.39 is 0 Å². The third-order valence-electron chi connectivity index (χ3n) is 3.89. The van der Waals surface area contributed by atoms with Gasteiger partial charge in [0.2, 0.25) is 5.91 Å². The summed E-state index contributed by atoms with van der Waals surface area (Å²) >= 11 is 3.41. The quantitative estimate of drug-likeness (QED) is 0.903. The fourth-order valence-electron chi connectivity index (χ4n) is 2.66. The van der Waals surface area contributed by atoms with Gasteiger partial charge in [0.15, 0.2) is 5.76 Å². The zero-order valence-corrected chi connectivity index (χ0v) is 12.9. The van der Waals surface area contributed by atoms with Crippen molar-refractivity contribution in [3.05, 3.63) is 34.5 Å². The van der Waals surface area contributed by atoms with Crippen LogP contribution in [-0.4, -0.2) is 29.8 Å². The number of nitrogens with two attached hydrogens (primary N) is 1. The second-order valence-corrected chi connectivity index (χ2v) is 6.09. The minimum atomic E-state index is -0.283. The second-order valence-electron chi connectivity index (χ2n) is 5.24. The maximum absolute atomic E-state index is 12.5. The molecule has 0 radical (unpaired) electrons. The van der Waals surface area contributed by atoms with Crippen molar-refractivity contribution in [1.82, 2.24) is 4.90 Å². The van der Waals surface area contributed by atoms with Gasteiger partial charge in [-0.1, -0.05) is 12.1 Å². The Morgan fingerprint density at radius 3 is 2.62 bits per heavy atom. The van der Waals surface area contributed by atoms with Crippen molar-refractivity contribution in [2.75, 3.05) is 13.1 Å². The van der Waals surface area contributed by atoms with Crippen molar-refractivity contribution >= 4 is 38.7 Å². The van der Waals surface area contributed by atoms with Gasteiger partial charge in [-0.3, -0.25) is 9.59 Å². The topological polar surface area (TPSA) is 76.5 Å². The Morgan fingerprint density at radius 1 is 1.29 bits per heavy atom. The van der Waals surface area contributed by atoms with E-state index in [0.29, 0.717) is 37.3 Å². The first-order valence-electron chi connectivity index (χ1n) is 6.83. The average molecular weight is 351 g/mol.